The maximum absolute atomic E-state index is 12.6. The number of thiocarbonyl (C=S) groups is 1. The van der Waals surface area contributed by atoms with Gasteiger partial charge < -0.3 is 15.2 Å². The topological polar surface area (TPSA) is 95.9 Å². The van der Waals surface area contributed by atoms with Crippen LogP contribution in [0.2, 0.25) is 0 Å². The molecule has 1 aromatic carbocycles. The van der Waals surface area contributed by atoms with Crippen LogP contribution >= 0.6 is 35.7 Å². The molecule has 1 aromatic rings. The average Bonchev–Trinajstić information content (AvgIpc) is 2.96. The first-order chi connectivity index (χ1) is 13.8. The number of ether oxygens (including phenoxy) is 1. The van der Waals surface area contributed by atoms with E-state index in [9.17, 15) is 19.5 Å². The van der Waals surface area contributed by atoms with Crippen molar-refractivity contribution in [1.82, 2.24) is 10.2 Å². The van der Waals surface area contributed by atoms with Crippen LogP contribution in [-0.4, -0.2) is 63.8 Å². The number of carboxylic acid groups (broad SMARTS) is 1. The van der Waals surface area contributed by atoms with Gasteiger partial charge in [0.2, 0.25) is 5.91 Å². The summed E-state index contributed by atoms with van der Waals surface area (Å²) in [6.45, 7) is 0.102. The fourth-order valence-corrected chi connectivity index (χ4v) is 4.30. The van der Waals surface area contributed by atoms with Crippen molar-refractivity contribution in [3.05, 3.63) is 34.7 Å². The molecule has 1 aliphatic heterocycles. The molecule has 1 aliphatic rings. The van der Waals surface area contributed by atoms with E-state index < -0.39 is 17.9 Å². The SMILES string of the molecule is COc1ccc(/C=C2/SC(=S)N(CCC(=O)N[C@H](CCSC)C(=O)O)C2=O)cc1. The normalized spacial score (nSPS) is 16.2. The number of benzene rings is 1. The number of rotatable bonds is 10. The van der Waals surface area contributed by atoms with E-state index in [0.29, 0.717) is 21.4 Å². The number of hydrogen-bond acceptors (Lipinski definition) is 7. The van der Waals surface area contributed by atoms with E-state index in [1.165, 1.54) is 28.4 Å². The highest BCUT2D eigenvalue weighted by Crippen LogP contribution is 2.32. The lowest BCUT2D eigenvalue weighted by molar-refractivity contribution is -0.142. The number of hydrogen-bond donors (Lipinski definition) is 2. The molecule has 0 aliphatic carbocycles. The van der Waals surface area contributed by atoms with Gasteiger partial charge in [-0.3, -0.25) is 14.5 Å². The molecule has 156 valence electrons. The molecule has 2 N–H and O–H groups in total. The Hall–Kier alpha value is -2.04. The zero-order valence-electron chi connectivity index (χ0n) is 16.0. The summed E-state index contributed by atoms with van der Waals surface area (Å²) in [7, 11) is 1.58. The summed E-state index contributed by atoms with van der Waals surface area (Å²) >= 11 is 7.96. The third-order valence-corrected chi connectivity index (χ3v) is 6.12. The second-order valence-corrected chi connectivity index (χ2v) is 8.76. The van der Waals surface area contributed by atoms with E-state index in [-0.39, 0.29) is 18.9 Å². The Balaban J connectivity index is 1.94. The highest BCUT2D eigenvalue weighted by atomic mass is 32.2. The molecule has 0 saturated carbocycles. The minimum atomic E-state index is -1.07. The molecule has 1 fully saturated rings. The molecule has 10 heteroatoms. The predicted molar refractivity (Wildman–Crippen MR) is 120 cm³/mol. The number of methoxy groups -OCH3 is 1. The molecular formula is C19H22N2O5S3. The lowest BCUT2D eigenvalue weighted by atomic mass is 10.2. The van der Waals surface area contributed by atoms with Crippen LogP contribution in [0, 0.1) is 0 Å². The van der Waals surface area contributed by atoms with Crippen LogP contribution in [0.1, 0.15) is 18.4 Å². The van der Waals surface area contributed by atoms with E-state index in [2.05, 4.69) is 5.32 Å². The van der Waals surface area contributed by atoms with Crippen LogP contribution in [0.3, 0.4) is 0 Å². The molecule has 2 amide bonds. The number of thioether (sulfide) groups is 2. The van der Waals surface area contributed by atoms with Crippen molar-refractivity contribution in [1.29, 1.82) is 0 Å². The minimum Gasteiger partial charge on any atom is -0.497 e. The lowest BCUT2D eigenvalue weighted by Gasteiger charge is -2.17. The minimum absolute atomic E-state index is 0.0225. The molecule has 7 nitrogen and oxygen atoms in total. The Bertz CT molecular complexity index is 811. The summed E-state index contributed by atoms with van der Waals surface area (Å²) in [5, 5.41) is 11.7. The highest BCUT2D eigenvalue weighted by molar-refractivity contribution is 8.26. The molecule has 1 heterocycles. The number of carbonyl (C=O) groups is 3. The van der Waals surface area contributed by atoms with Crippen molar-refractivity contribution >= 4 is 63.9 Å². The quantitative estimate of drug-likeness (QED) is 0.411. The van der Waals surface area contributed by atoms with Gasteiger partial charge in [0.05, 0.1) is 12.0 Å². The zero-order valence-corrected chi connectivity index (χ0v) is 18.5. The molecule has 1 atom stereocenters. The van der Waals surface area contributed by atoms with Gasteiger partial charge in [-0.25, -0.2) is 4.79 Å². The summed E-state index contributed by atoms with van der Waals surface area (Å²) in [5.41, 5.74) is 0.835. The Morgan fingerprint density at radius 3 is 2.66 bits per heavy atom. The van der Waals surface area contributed by atoms with Crippen LogP contribution in [0.5, 0.6) is 5.75 Å². The maximum Gasteiger partial charge on any atom is 0.326 e. The lowest BCUT2D eigenvalue weighted by Crippen LogP contribution is -2.42. The van der Waals surface area contributed by atoms with Crippen LogP contribution in [0.15, 0.2) is 29.2 Å². The summed E-state index contributed by atoms with van der Waals surface area (Å²) in [6, 6.07) is 6.33. The fraction of sp³-hybridized carbons (Fsp3) is 0.368. The van der Waals surface area contributed by atoms with E-state index in [4.69, 9.17) is 17.0 Å². The predicted octanol–water partition coefficient (Wildman–Crippen LogP) is 2.61. The molecule has 0 bridgehead atoms. The molecule has 1 saturated heterocycles. The van der Waals surface area contributed by atoms with Gasteiger partial charge >= 0.3 is 5.97 Å². The van der Waals surface area contributed by atoms with Gasteiger partial charge in [0.15, 0.2) is 0 Å². The molecule has 0 radical (unpaired) electrons. The van der Waals surface area contributed by atoms with E-state index in [0.717, 1.165) is 11.3 Å². The zero-order chi connectivity index (χ0) is 21.4. The monoisotopic (exact) mass is 454 g/mol. The Labute approximate surface area is 183 Å². The van der Waals surface area contributed by atoms with Crippen LogP contribution in [-0.2, 0) is 14.4 Å². The van der Waals surface area contributed by atoms with Gasteiger partial charge in [0.25, 0.3) is 5.91 Å². The molecular weight excluding hydrogens is 432 g/mol. The number of carbonyl (C=O) groups excluding carboxylic acids is 2. The summed E-state index contributed by atoms with van der Waals surface area (Å²) in [4.78, 5) is 37.8. The van der Waals surface area contributed by atoms with Gasteiger partial charge in [-0.15, -0.1) is 0 Å². The van der Waals surface area contributed by atoms with E-state index >= 15 is 0 Å². The summed E-state index contributed by atoms with van der Waals surface area (Å²) < 4.78 is 5.49. The van der Waals surface area contributed by atoms with Gasteiger partial charge in [-0.05, 0) is 42.2 Å². The smallest absolute Gasteiger partial charge is 0.326 e. The standard InChI is InChI=1S/C19H22N2O5S3/c1-26-13-5-3-12(4-6-13)11-15-17(23)21(19(27)29-15)9-7-16(22)20-14(18(24)25)8-10-28-2/h3-6,11,14H,7-10H2,1-2H3,(H,20,22)(H,24,25)/b15-11+/t14-/m1/s1. The Morgan fingerprint density at radius 2 is 2.07 bits per heavy atom. The number of nitrogens with one attached hydrogen (secondary N) is 1. The first-order valence-electron chi connectivity index (χ1n) is 8.76. The summed E-state index contributed by atoms with van der Waals surface area (Å²) in [5.74, 6) is -0.409. The van der Waals surface area contributed by atoms with Crippen molar-refractivity contribution in [2.24, 2.45) is 0 Å². The molecule has 2 rings (SSSR count). The molecule has 0 spiro atoms. The Morgan fingerprint density at radius 1 is 1.38 bits per heavy atom. The number of aliphatic carboxylic acids is 1. The summed E-state index contributed by atoms with van der Waals surface area (Å²) in [6.07, 6.45) is 3.93. The maximum atomic E-state index is 12.6. The first kappa shape index (κ1) is 23.2. The van der Waals surface area contributed by atoms with Crippen molar-refractivity contribution in [2.45, 2.75) is 18.9 Å². The highest BCUT2D eigenvalue weighted by Gasteiger charge is 2.32. The van der Waals surface area contributed by atoms with E-state index in [1.54, 1.807) is 25.3 Å². The fourth-order valence-electron chi connectivity index (χ4n) is 2.52. The third-order valence-electron chi connectivity index (χ3n) is 4.09. The second-order valence-electron chi connectivity index (χ2n) is 6.10. The van der Waals surface area contributed by atoms with Crippen molar-refractivity contribution in [3.63, 3.8) is 0 Å². The number of nitrogens with zero attached hydrogens (tertiary/aromatic N) is 1. The largest absolute Gasteiger partial charge is 0.497 e. The van der Waals surface area contributed by atoms with Crippen LogP contribution in [0.25, 0.3) is 6.08 Å². The van der Waals surface area contributed by atoms with Crippen molar-refractivity contribution < 1.29 is 24.2 Å². The third kappa shape index (κ3) is 6.76. The average molecular weight is 455 g/mol. The van der Waals surface area contributed by atoms with Gasteiger partial charge in [-0.1, -0.05) is 36.1 Å². The van der Waals surface area contributed by atoms with Gasteiger partial charge in [-0.2, -0.15) is 11.8 Å². The molecule has 29 heavy (non-hydrogen) atoms. The van der Waals surface area contributed by atoms with Crippen LogP contribution in [0.4, 0.5) is 0 Å². The van der Waals surface area contributed by atoms with Crippen LogP contribution < -0.4 is 10.1 Å². The Kier molecular flexibility index (Phi) is 8.99. The van der Waals surface area contributed by atoms with Crippen molar-refractivity contribution in [2.75, 3.05) is 25.7 Å². The second kappa shape index (κ2) is 11.2. The molecule has 0 unspecified atom stereocenters. The molecule has 0 aromatic heterocycles. The van der Waals surface area contributed by atoms with Gasteiger partial charge in [0, 0.05) is 13.0 Å². The van der Waals surface area contributed by atoms with Gasteiger partial charge in [0.1, 0.15) is 16.1 Å². The number of carboxylic acids is 1. The number of amides is 2. The van der Waals surface area contributed by atoms with Crippen molar-refractivity contribution in [3.8, 4) is 5.75 Å². The van der Waals surface area contributed by atoms with E-state index in [1.807, 2.05) is 18.4 Å². The first-order valence-corrected chi connectivity index (χ1v) is 11.4.